The number of nitrogens with two attached hydrogens (primary N) is 1. The molecule has 0 bridgehead atoms. The van der Waals surface area contributed by atoms with E-state index in [1.165, 1.54) is 14.9 Å². The summed E-state index contributed by atoms with van der Waals surface area (Å²) in [5.41, 5.74) is 6.74. The molecule has 12 heavy (non-hydrogen) atoms. The van der Waals surface area contributed by atoms with Crippen molar-refractivity contribution in [1.29, 1.82) is 0 Å². The first kappa shape index (κ1) is 10.2. The van der Waals surface area contributed by atoms with Crippen LogP contribution in [0.2, 0.25) is 0 Å². The smallest absolute Gasteiger partial charge is 0.0462 e. The molecule has 0 unspecified atom stereocenters. The Balaban J connectivity index is 2.72. The van der Waals surface area contributed by atoms with Crippen molar-refractivity contribution in [2.24, 2.45) is 0 Å². The number of nitrogen functional groups attached to an aromatic ring is 1. The molecule has 0 fully saturated rings. The van der Waals surface area contributed by atoms with Crippen molar-refractivity contribution in [2.45, 2.75) is 18.2 Å². The van der Waals surface area contributed by atoms with Gasteiger partial charge in [-0.3, -0.25) is 0 Å². The Morgan fingerprint density at radius 3 is 2.83 bits per heavy atom. The average molecular weight is 293 g/mol. The quantitative estimate of drug-likeness (QED) is 0.525. The Bertz CT molecular complexity index is 263. The molecule has 3 heteroatoms. The van der Waals surface area contributed by atoms with Gasteiger partial charge in [-0.15, -0.1) is 11.8 Å². The summed E-state index contributed by atoms with van der Waals surface area (Å²) in [5.74, 6) is 1.14. The number of benzene rings is 1. The van der Waals surface area contributed by atoms with Crippen molar-refractivity contribution in [1.82, 2.24) is 0 Å². The summed E-state index contributed by atoms with van der Waals surface area (Å²) in [4.78, 5) is 1.21. The first-order valence-corrected chi connectivity index (χ1v) is 5.98. The van der Waals surface area contributed by atoms with Gasteiger partial charge in [-0.2, -0.15) is 0 Å². The van der Waals surface area contributed by atoms with Gasteiger partial charge in [0.15, 0.2) is 0 Å². The molecule has 0 saturated carbocycles. The Morgan fingerprint density at radius 1 is 1.50 bits per heavy atom. The lowest BCUT2D eigenvalue weighted by Crippen LogP contribution is -1.89. The van der Waals surface area contributed by atoms with Gasteiger partial charge in [-0.1, -0.05) is 6.92 Å². The third-order valence-electron chi connectivity index (χ3n) is 1.43. The van der Waals surface area contributed by atoms with E-state index in [9.17, 15) is 0 Å². The lowest BCUT2D eigenvalue weighted by molar-refractivity contribution is 1.10. The maximum Gasteiger partial charge on any atom is 0.0462 e. The van der Waals surface area contributed by atoms with E-state index in [4.69, 9.17) is 5.73 Å². The second-order valence-corrected chi connectivity index (χ2v) is 4.91. The lowest BCUT2D eigenvalue weighted by Gasteiger charge is -2.03. The molecule has 2 N–H and O–H groups in total. The summed E-state index contributed by atoms with van der Waals surface area (Å²) >= 11 is 4.10. The minimum Gasteiger partial charge on any atom is -0.398 e. The van der Waals surface area contributed by atoms with Gasteiger partial charge in [0.25, 0.3) is 0 Å². The fourth-order valence-corrected chi connectivity index (χ4v) is 2.19. The van der Waals surface area contributed by atoms with Gasteiger partial charge >= 0.3 is 0 Å². The van der Waals surface area contributed by atoms with Crippen LogP contribution in [0.3, 0.4) is 0 Å². The topological polar surface area (TPSA) is 26.0 Å². The van der Waals surface area contributed by atoms with E-state index < -0.39 is 0 Å². The van der Waals surface area contributed by atoms with Gasteiger partial charge in [0.2, 0.25) is 0 Å². The summed E-state index contributed by atoms with van der Waals surface area (Å²) in [6.07, 6.45) is 1.19. The van der Waals surface area contributed by atoms with Gasteiger partial charge in [0.1, 0.15) is 0 Å². The fourth-order valence-electron chi connectivity index (χ4n) is 0.863. The number of thioether (sulfide) groups is 1. The van der Waals surface area contributed by atoms with E-state index in [0.29, 0.717) is 0 Å². The minimum absolute atomic E-state index is 0.903. The summed E-state index contributed by atoms with van der Waals surface area (Å²) < 4.78 is 1.20. The normalized spacial score (nSPS) is 10.2. The molecule has 0 atom stereocenters. The molecule has 0 aliphatic heterocycles. The molecular formula is C9H12INS. The van der Waals surface area contributed by atoms with Crippen LogP contribution in [0.5, 0.6) is 0 Å². The molecule has 1 aromatic carbocycles. The number of hydrogen-bond acceptors (Lipinski definition) is 2. The van der Waals surface area contributed by atoms with Gasteiger partial charge in [-0.05, 0) is 53.0 Å². The van der Waals surface area contributed by atoms with Crippen LogP contribution in [0.25, 0.3) is 0 Å². The fraction of sp³-hybridized carbons (Fsp3) is 0.333. The largest absolute Gasteiger partial charge is 0.398 e. The molecule has 0 aliphatic rings. The molecule has 1 nitrogen and oxygen atoms in total. The first-order valence-electron chi connectivity index (χ1n) is 3.92. The molecule has 0 aliphatic carbocycles. The van der Waals surface area contributed by atoms with Crippen molar-refractivity contribution in [3.63, 3.8) is 0 Å². The van der Waals surface area contributed by atoms with Crippen LogP contribution in [0.4, 0.5) is 5.69 Å². The summed E-state index contributed by atoms with van der Waals surface area (Å²) in [7, 11) is 0. The molecule has 0 radical (unpaired) electrons. The molecule has 1 aromatic rings. The number of rotatable bonds is 3. The highest BCUT2D eigenvalue weighted by molar-refractivity contribution is 14.1. The van der Waals surface area contributed by atoms with E-state index in [-0.39, 0.29) is 0 Å². The number of halogens is 1. The molecule has 0 saturated heterocycles. The van der Waals surface area contributed by atoms with Crippen LogP contribution in [0.1, 0.15) is 13.3 Å². The number of anilines is 1. The Morgan fingerprint density at radius 2 is 2.25 bits per heavy atom. The zero-order chi connectivity index (χ0) is 8.97. The van der Waals surface area contributed by atoms with E-state index in [2.05, 4.69) is 41.6 Å². The molecule has 1 rings (SSSR count). The van der Waals surface area contributed by atoms with E-state index >= 15 is 0 Å². The summed E-state index contributed by atoms with van der Waals surface area (Å²) in [5, 5.41) is 0. The van der Waals surface area contributed by atoms with Gasteiger partial charge < -0.3 is 5.73 Å². The third-order valence-corrected chi connectivity index (χ3v) is 3.40. The standard InChI is InChI=1S/C9H12INS/c1-2-5-12-9-4-3-7(10)6-8(9)11/h3-4,6H,2,5,11H2,1H3. The zero-order valence-electron chi connectivity index (χ0n) is 7.01. The monoisotopic (exact) mass is 293 g/mol. The molecule has 0 heterocycles. The van der Waals surface area contributed by atoms with Crippen LogP contribution >= 0.6 is 34.4 Å². The predicted octanol–water partition coefficient (Wildman–Crippen LogP) is 3.38. The van der Waals surface area contributed by atoms with Crippen molar-refractivity contribution in [2.75, 3.05) is 11.5 Å². The van der Waals surface area contributed by atoms with Crippen LogP contribution in [0, 0.1) is 3.57 Å². The Labute approximate surface area is 91.3 Å². The first-order chi connectivity index (χ1) is 5.74. The third kappa shape index (κ3) is 2.86. The summed E-state index contributed by atoms with van der Waals surface area (Å²) in [6.45, 7) is 2.18. The van der Waals surface area contributed by atoms with Gasteiger partial charge in [0.05, 0.1) is 0 Å². The van der Waals surface area contributed by atoms with Crippen LogP contribution in [0.15, 0.2) is 23.1 Å². The van der Waals surface area contributed by atoms with Gasteiger partial charge in [0, 0.05) is 14.2 Å². The highest BCUT2D eigenvalue weighted by Crippen LogP contribution is 2.26. The molecular weight excluding hydrogens is 281 g/mol. The maximum atomic E-state index is 5.84. The number of hydrogen-bond donors (Lipinski definition) is 1. The van der Waals surface area contributed by atoms with E-state index in [1.54, 1.807) is 0 Å². The Hall–Kier alpha value is 0.1000. The molecule has 0 spiro atoms. The highest BCUT2D eigenvalue weighted by Gasteiger charge is 1.98. The highest BCUT2D eigenvalue weighted by atomic mass is 127. The predicted molar refractivity (Wildman–Crippen MR) is 64.6 cm³/mol. The van der Waals surface area contributed by atoms with Crippen molar-refractivity contribution in [3.8, 4) is 0 Å². The molecule has 0 amide bonds. The van der Waals surface area contributed by atoms with Gasteiger partial charge in [-0.25, -0.2) is 0 Å². The van der Waals surface area contributed by atoms with Crippen LogP contribution in [-0.2, 0) is 0 Å². The molecule has 0 aromatic heterocycles. The van der Waals surface area contributed by atoms with Crippen LogP contribution < -0.4 is 5.73 Å². The van der Waals surface area contributed by atoms with Crippen molar-refractivity contribution in [3.05, 3.63) is 21.8 Å². The van der Waals surface area contributed by atoms with Crippen molar-refractivity contribution >= 4 is 40.0 Å². The average Bonchev–Trinajstić information content (AvgIpc) is 2.03. The van der Waals surface area contributed by atoms with Crippen LogP contribution in [-0.4, -0.2) is 5.75 Å². The zero-order valence-corrected chi connectivity index (χ0v) is 9.98. The minimum atomic E-state index is 0.903. The van der Waals surface area contributed by atoms with E-state index in [1.807, 2.05) is 17.8 Å². The van der Waals surface area contributed by atoms with E-state index in [0.717, 1.165) is 11.4 Å². The Kier molecular flexibility index (Phi) is 4.21. The lowest BCUT2D eigenvalue weighted by atomic mass is 10.3. The van der Waals surface area contributed by atoms with Crippen molar-refractivity contribution < 1.29 is 0 Å². The summed E-state index contributed by atoms with van der Waals surface area (Å²) in [6, 6.07) is 6.20. The second-order valence-electron chi connectivity index (χ2n) is 2.53. The second kappa shape index (κ2) is 4.97. The molecule has 66 valence electrons. The SMILES string of the molecule is CCCSc1ccc(I)cc1N. The maximum absolute atomic E-state index is 5.84.